The number of nitrogens with one attached hydrogen (secondary N) is 1. The molecule has 2 aromatic carbocycles. The van der Waals surface area contributed by atoms with Gasteiger partial charge in [-0.2, -0.15) is 0 Å². The van der Waals surface area contributed by atoms with Gasteiger partial charge < -0.3 is 0 Å². The van der Waals surface area contributed by atoms with Crippen LogP contribution < -0.4 is 11.3 Å². The summed E-state index contributed by atoms with van der Waals surface area (Å²) in [5.41, 5.74) is 3.65. The van der Waals surface area contributed by atoms with Crippen LogP contribution in [0.5, 0.6) is 0 Å². The fourth-order valence-corrected chi connectivity index (χ4v) is 2.60. The molecule has 0 aliphatic rings. The van der Waals surface area contributed by atoms with Crippen molar-refractivity contribution < 1.29 is 8.78 Å². The van der Waals surface area contributed by atoms with Crippen molar-refractivity contribution >= 4 is 27.5 Å². The highest BCUT2D eigenvalue weighted by Crippen LogP contribution is 2.33. The summed E-state index contributed by atoms with van der Waals surface area (Å²) in [5.74, 6) is 4.14. The lowest BCUT2D eigenvalue weighted by Crippen LogP contribution is -2.31. The van der Waals surface area contributed by atoms with Gasteiger partial charge in [0.1, 0.15) is 11.6 Å². The number of halogens is 4. The Kier molecular flexibility index (Phi) is 4.75. The molecule has 0 saturated heterocycles. The Morgan fingerprint density at radius 3 is 2.60 bits per heavy atom. The molecule has 2 aromatic rings. The lowest BCUT2D eigenvalue weighted by molar-refractivity contribution is 0.506. The Balaban J connectivity index is 2.65. The van der Waals surface area contributed by atoms with Crippen LogP contribution in [0.25, 0.3) is 0 Å². The van der Waals surface area contributed by atoms with Gasteiger partial charge in [0, 0.05) is 10.6 Å². The Bertz CT molecular complexity index is 649. The molecule has 0 amide bonds. The lowest BCUT2D eigenvalue weighted by atomic mass is 9.94. The van der Waals surface area contributed by atoms with Gasteiger partial charge in [-0.1, -0.05) is 23.7 Å². The number of hydrogen-bond donors (Lipinski definition) is 2. The molecule has 6 heteroatoms. The molecule has 0 aliphatic carbocycles. The second-order valence-electron chi connectivity index (χ2n) is 4.31. The van der Waals surface area contributed by atoms with Crippen molar-refractivity contribution in [3.63, 3.8) is 0 Å². The minimum absolute atomic E-state index is 0.146. The maximum absolute atomic E-state index is 14.2. The number of nitrogens with two attached hydrogens (primary N) is 1. The van der Waals surface area contributed by atoms with Crippen molar-refractivity contribution in [3.8, 4) is 0 Å². The minimum Gasteiger partial charge on any atom is -0.271 e. The molecule has 0 radical (unpaired) electrons. The van der Waals surface area contributed by atoms with Gasteiger partial charge >= 0.3 is 0 Å². The molecule has 0 bridgehead atoms. The summed E-state index contributed by atoms with van der Waals surface area (Å²) < 4.78 is 28.4. The maximum Gasteiger partial charge on any atom is 0.145 e. The number of hydrazine groups is 1. The fraction of sp³-hybridized carbons (Fsp3) is 0.143. The van der Waals surface area contributed by atoms with Gasteiger partial charge in [0.25, 0.3) is 0 Å². The largest absolute Gasteiger partial charge is 0.271 e. The maximum atomic E-state index is 14.2. The van der Waals surface area contributed by atoms with E-state index in [1.54, 1.807) is 25.1 Å². The van der Waals surface area contributed by atoms with Crippen LogP contribution in [-0.4, -0.2) is 0 Å². The van der Waals surface area contributed by atoms with Crippen LogP contribution in [-0.2, 0) is 0 Å². The first kappa shape index (κ1) is 15.4. The SMILES string of the molecule is Cc1c(Cl)cccc1C(NN)c1c(F)ccc(Br)c1F. The third-order valence-electron chi connectivity index (χ3n) is 3.16. The Labute approximate surface area is 129 Å². The molecule has 0 saturated carbocycles. The van der Waals surface area contributed by atoms with Crippen LogP contribution in [0.2, 0.25) is 5.02 Å². The summed E-state index contributed by atoms with van der Waals surface area (Å²) in [6.45, 7) is 1.77. The van der Waals surface area contributed by atoms with E-state index in [1.807, 2.05) is 0 Å². The molecule has 0 aliphatic heterocycles. The molecule has 1 unspecified atom stereocenters. The third-order valence-corrected chi connectivity index (χ3v) is 4.18. The smallest absolute Gasteiger partial charge is 0.145 e. The minimum atomic E-state index is -0.828. The highest BCUT2D eigenvalue weighted by molar-refractivity contribution is 9.10. The summed E-state index contributed by atoms with van der Waals surface area (Å²) in [4.78, 5) is 0. The summed E-state index contributed by atoms with van der Waals surface area (Å²) in [6, 6.07) is 6.82. The molecule has 0 heterocycles. The first-order chi connectivity index (χ1) is 9.47. The van der Waals surface area contributed by atoms with E-state index in [2.05, 4.69) is 21.4 Å². The van der Waals surface area contributed by atoms with Crippen molar-refractivity contribution in [3.05, 3.63) is 68.2 Å². The van der Waals surface area contributed by atoms with Gasteiger partial charge in [0.05, 0.1) is 10.5 Å². The van der Waals surface area contributed by atoms with E-state index >= 15 is 0 Å². The van der Waals surface area contributed by atoms with Crippen LogP contribution in [0.1, 0.15) is 22.7 Å². The summed E-state index contributed by atoms with van der Waals surface area (Å²) in [5, 5.41) is 0.513. The van der Waals surface area contributed by atoms with Crippen LogP contribution in [0.4, 0.5) is 8.78 Å². The zero-order valence-electron chi connectivity index (χ0n) is 10.6. The van der Waals surface area contributed by atoms with Crippen LogP contribution in [0.15, 0.2) is 34.8 Å². The third kappa shape index (κ3) is 2.72. The molecule has 0 spiro atoms. The molecule has 1 atom stereocenters. The average molecular weight is 362 g/mol. The summed E-state index contributed by atoms with van der Waals surface area (Å²) in [6.07, 6.45) is 0. The van der Waals surface area contributed by atoms with Crippen LogP contribution in [0, 0.1) is 18.6 Å². The molecule has 3 N–H and O–H groups in total. The lowest BCUT2D eigenvalue weighted by Gasteiger charge is -2.21. The highest BCUT2D eigenvalue weighted by atomic mass is 79.9. The van der Waals surface area contributed by atoms with E-state index in [0.717, 1.165) is 5.56 Å². The number of rotatable bonds is 3. The quantitative estimate of drug-likeness (QED) is 0.487. The average Bonchev–Trinajstić information content (AvgIpc) is 2.43. The number of hydrogen-bond acceptors (Lipinski definition) is 2. The second kappa shape index (κ2) is 6.18. The van der Waals surface area contributed by atoms with Gasteiger partial charge in [-0.15, -0.1) is 0 Å². The zero-order chi connectivity index (χ0) is 14.9. The molecular weight excluding hydrogens is 350 g/mol. The van der Waals surface area contributed by atoms with Crippen molar-refractivity contribution in [1.82, 2.24) is 5.43 Å². The Hall–Kier alpha value is -1.01. The normalized spacial score (nSPS) is 12.5. The van der Waals surface area contributed by atoms with E-state index in [4.69, 9.17) is 17.4 Å². The Morgan fingerprint density at radius 2 is 1.95 bits per heavy atom. The molecule has 106 valence electrons. The molecule has 2 rings (SSSR count). The molecule has 2 nitrogen and oxygen atoms in total. The highest BCUT2D eigenvalue weighted by Gasteiger charge is 2.24. The monoisotopic (exact) mass is 360 g/mol. The van der Waals surface area contributed by atoms with E-state index in [-0.39, 0.29) is 10.0 Å². The molecular formula is C14H12BrClF2N2. The topological polar surface area (TPSA) is 38.0 Å². The predicted octanol–water partition coefficient (Wildman–Crippen LogP) is 4.24. The van der Waals surface area contributed by atoms with Gasteiger partial charge in [-0.05, 0) is 52.2 Å². The molecule has 0 fully saturated rings. The van der Waals surface area contributed by atoms with Gasteiger partial charge in [0.2, 0.25) is 0 Å². The second-order valence-corrected chi connectivity index (χ2v) is 5.57. The van der Waals surface area contributed by atoms with Crippen molar-refractivity contribution in [2.45, 2.75) is 13.0 Å². The standard InChI is InChI=1S/C14H12BrClF2N2/c1-7-8(3-2-4-10(7)16)14(20-19)12-11(17)6-5-9(15)13(12)18/h2-6,14,20H,19H2,1H3. The van der Waals surface area contributed by atoms with Crippen LogP contribution in [0.3, 0.4) is 0 Å². The molecule has 0 aromatic heterocycles. The van der Waals surface area contributed by atoms with Crippen molar-refractivity contribution in [2.75, 3.05) is 0 Å². The predicted molar refractivity (Wildman–Crippen MR) is 79.4 cm³/mol. The van der Waals surface area contributed by atoms with Gasteiger partial charge in [-0.25, -0.2) is 14.2 Å². The van der Waals surface area contributed by atoms with E-state index in [1.165, 1.54) is 12.1 Å². The fourth-order valence-electron chi connectivity index (χ4n) is 2.07. The van der Waals surface area contributed by atoms with Crippen LogP contribution >= 0.6 is 27.5 Å². The number of benzene rings is 2. The van der Waals surface area contributed by atoms with Crippen molar-refractivity contribution in [2.24, 2.45) is 5.84 Å². The van der Waals surface area contributed by atoms with E-state index in [9.17, 15) is 8.78 Å². The van der Waals surface area contributed by atoms with E-state index in [0.29, 0.717) is 10.6 Å². The zero-order valence-corrected chi connectivity index (χ0v) is 12.9. The van der Waals surface area contributed by atoms with E-state index < -0.39 is 17.7 Å². The summed E-state index contributed by atoms with van der Waals surface area (Å²) in [7, 11) is 0. The van der Waals surface area contributed by atoms with Gasteiger partial charge in [-0.3, -0.25) is 5.84 Å². The Morgan fingerprint density at radius 1 is 1.25 bits per heavy atom. The molecule has 20 heavy (non-hydrogen) atoms. The first-order valence-corrected chi connectivity index (χ1v) is 6.99. The first-order valence-electron chi connectivity index (χ1n) is 5.82. The summed E-state index contributed by atoms with van der Waals surface area (Å²) >= 11 is 9.09. The van der Waals surface area contributed by atoms with Gasteiger partial charge in [0.15, 0.2) is 0 Å². The van der Waals surface area contributed by atoms with Crippen molar-refractivity contribution in [1.29, 1.82) is 0 Å².